The SMILES string of the molecule is COc1cc(Br)c(CNC(=O)c2cc([N+](=O)[O-])ccc2N(C)C)cc1OC. The maximum atomic E-state index is 12.7. The summed E-state index contributed by atoms with van der Waals surface area (Å²) in [5, 5.41) is 13.8. The Bertz CT molecular complexity index is 870. The van der Waals surface area contributed by atoms with Gasteiger partial charge >= 0.3 is 0 Å². The van der Waals surface area contributed by atoms with Crippen molar-refractivity contribution in [1.82, 2.24) is 5.32 Å². The van der Waals surface area contributed by atoms with Gasteiger partial charge in [0.15, 0.2) is 11.5 Å². The van der Waals surface area contributed by atoms with E-state index in [0.717, 1.165) is 10.0 Å². The molecule has 2 rings (SSSR count). The molecular formula is C18H20BrN3O5. The van der Waals surface area contributed by atoms with E-state index >= 15 is 0 Å². The zero-order valence-corrected chi connectivity index (χ0v) is 17.0. The number of methoxy groups -OCH3 is 2. The molecule has 0 bridgehead atoms. The molecule has 0 radical (unpaired) electrons. The predicted molar refractivity (Wildman–Crippen MR) is 106 cm³/mol. The van der Waals surface area contributed by atoms with Crippen molar-refractivity contribution in [3.05, 3.63) is 56.0 Å². The smallest absolute Gasteiger partial charge is 0.270 e. The molecule has 2 aromatic carbocycles. The molecule has 1 amide bonds. The van der Waals surface area contributed by atoms with Gasteiger partial charge in [0.2, 0.25) is 0 Å². The van der Waals surface area contributed by atoms with Crippen LogP contribution in [0.1, 0.15) is 15.9 Å². The fraction of sp³-hybridized carbons (Fsp3) is 0.278. The van der Waals surface area contributed by atoms with Crippen LogP contribution >= 0.6 is 15.9 Å². The van der Waals surface area contributed by atoms with E-state index in [2.05, 4.69) is 21.2 Å². The molecule has 8 nitrogen and oxygen atoms in total. The van der Waals surface area contributed by atoms with E-state index in [4.69, 9.17) is 9.47 Å². The van der Waals surface area contributed by atoms with Crippen LogP contribution in [0.4, 0.5) is 11.4 Å². The average molecular weight is 438 g/mol. The summed E-state index contributed by atoms with van der Waals surface area (Å²) < 4.78 is 11.3. The molecule has 0 heterocycles. The zero-order valence-electron chi connectivity index (χ0n) is 15.4. The number of ether oxygens (including phenoxy) is 2. The van der Waals surface area contributed by atoms with Crippen LogP contribution in [0.2, 0.25) is 0 Å². The molecule has 2 aromatic rings. The van der Waals surface area contributed by atoms with Crippen LogP contribution in [-0.4, -0.2) is 39.1 Å². The molecule has 0 fully saturated rings. The number of benzene rings is 2. The molecule has 0 aliphatic carbocycles. The summed E-state index contributed by atoms with van der Waals surface area (Å²) in [5.74, 6) is 0.686. The van der Waals surface area contributed by atoms with Crippen LogP contribution in [0.15, 0.2) is 34.8 Å². The largest absolute Gasteiger partial charge is 0.493 e. The van der Waals surface area contributed by atoms with Gasteiger partial charge in [-0.2, -0.15) is 0 Å². The fourth-order valence-electron chi connectivity index (χ4n) is 2.51. The minimum Gasteiger partial charge on any atom is -0.493 e. The number of amides is 1. The Kier molecular flexibility index (Phi) is 6.62. The molecule has 0 unspecified atom stereocenters. The number of carbonyl (C=O) groups excluding carboxylic acids is 1. The van der Waals surface area contributed by atoms with Crippen LogP contribution in [-0.2, 0) is 6.54 Å². The Morgan fingerprint density at radius 3 is 2.37 bits per heavy atom. The third-order valence-electron chi connectivity index (χ3n) is 3.91. The summed E-state index contributed by atoms with van der Waals surface area (Å²) in [5.41, 5.74) is 1.45. The minimum atomic E-state index is -0.527. The van der Waals surface area contributed by atoms with Crippen molar-refractivity contribution in [3.63, 3.8) is 0 Å². The Morgan fingerprint density at radius 2 is 1.81 bits per heavy atom. The van der Waals surface area contributed by atoms with Crippen molar-refractivity contribution in [1.29, 1.82) is 0 Å². The van der Waals surface area contributed by atoms with Crippen molar-refractivity contribution >= 4 is 33.2 Å². The number of nitrogens with zero attached hydrogens (tertiary/aromatic N) is 2. The predicted octanol–water partition coefficient (Wildman–Crippen LogP) is 3.37. The van der Waals surface area contributed by atoms with Gasteiger partial charge in [0, 0.05) is 42.9 Å². The Hall–Kier alpha value is -2.81. The van der Waals surface area contributed by atoms with Gasteiger partial charge < -0.3 is 19.7 Å². The summed E-state index contributed by atoms with van der Waals surface area (Å²) in [6.07, 6.45) is 0. The maximum absolute atomic E-state index is 12.7. The molecule has 9 heteroatoms. The second-order valence-electron chi connectivity index (χ2n) is 5.83. The number of anilines is 1. The van der Waals surface area contributed by atoms with Crippen LogP contribution in [0, 0.1) is 10.1 Å². The molecule has 1 N–H and O–H groups in total. The third kappa shape index (κ3) is 4.68. The highest BCUT2D eigenvalue weighted by molar-refractivity contribution is 9.10. The van der Waals surface area contributed by atoms with E-state index < -0.39 is 10.8 Å². The molecule has 0 aliphatic rings. The van der Waals surface area contributed by atoms with E-state index in [9.17, 15) is 14.9 Å². The lowest BCUT2D eigenvalue weighted by atomic mass is 10.1. The molecular weight excluding hydrogens is 418 g/mol. The first kappa shape index (κ1) is 20.5. The first-order valence-corrected chi connectivity index (χ1v) is 8.72. The standard InChI is InChI=1S/C18H20BrN3O5/c1-21(2)15-6-5-12(22(24)25)8-13(15)18(23)20-10-11-7-16(26-3)17(27-4)9-14(11)19/h5-9H,10H2,1-4H3,(H,20,23). The molecule has 0 saturated carbocycles. The summed E-state index contributed by atoms with van der Waals surface area (Å²) in [6, 6.07) is 7.70. The van der Waals surface area contributed by atoms with Gasteiger partial charge in [-0.05, 0) is 23.8 Å². The molecule has 0 aromatic heterocycles. The van der Waals surface area contributed by atoms with Crippen molar-refractivity contribution < 1.29 is 19.2 Å². The summed E-state index contributed by atoms with van der Waals surface area (Å²) in [6.45, 7) is 0.204. The highest BCUT2D eigenvalue weighted by atomic mass is 79.9. The van der Waals surface area contributed by atoms with Crippen LogP contribution < -0.4 is 19.7 Å². The number of nitro benzene ring substituents is 1. The summed E-state index contributed by atoms with van der Waals surface area (Å²) in [4.78, 5) is 24.9. The molecule has 144 valence electrons. The van der Waals surface area contributed by atoms with Crippen LogP contribution in [0.3, 0.4) is 0 Å². The van der Waals surface area contributed by atoms with E-state index in [1.54, 1.807) is 37.2 Å². The quantitative estimate of drug-likeness (QED) is 0.526. The van der Waals surface area contributed by atoms with Gasteiger partial charge in [-0.3, -0.25) is 14.9 Å². The third-order valence-corrected chi connectivity index (χ3v) is 4.65. The van der Waals surface area contributed by atoms with Gasteiger partial charge in [-0.1, -0.05) is 15.9 Å². The lowest BCUT2D eigenvalue weighted by Gasteiger charge is -2.17. The molecule has 0 atom stereocenters. The molecule has 0 aliphatic heterocycles. The van der Waals surface area contributed by atoms with E-state index in [1.807, 2.05) is 0 Å². The van der Waals surface area contributed by atoms with Crippen molar-refractivity contribution in [2.45, 2.75) is 6.54 Å². The van der Waals surface area contributed by atoms with Gasteiger partial charge in [-0.25, -0.2) is 0 Å². The Balaban J connectivity index is 2.28. The summed E-state index contributed by atoms with van der Waals surface area (Å²) >= 11 is 3.44. The number of nitro groups is 1. The first-order valence-electron chi connectivity index (χ1n) is 7.92. The van der Waals surface area contributed by atoms with Gasteiger partial charge in [0.1, 0.15) is 0 Å². The summed E-state index contributed by atoms with van der Waals surface area (Å²) in [7, 11) is 6.60. The number of hydrogen-bond acceptors (Lipinski definition) is 6. The zero-order chi connectivity index (χ0) is 20.1. The van der Waals surface area contributed by atoms with Crippen molar-refractivity contribution in [3.8, 4) is 11.5 Å². The van der Waals surface area contributed by atoms with Gasteiger partial charge in [0.25, 0.3) is 11.6 Å². The number of nitrogens with one attached hydrogen (secondary N) is 1. The fourth-order valence-corrected chi connectivity index (χ4v) is 2.97. The highest BCUT2D eigenvalue weighted by Gasteiger charge is 2.18. The monoisotopic (exact) mass is 437 g/mol. The Morgan fingerprint density at radius 1 is 1.19 bits per heavy atom. The van der Waals surface area contributed by atoms with E-state index in [-0.39, 0.29) is 17.8 Å². The normalized spacial score (nSPS) is 10.3. The molecule has 27 heavy (non-hydrogen) atoms. The molecule has 0 spiro atoms. The van der Waals surface area contributed by atoms with E-state index in [1.165, 1.54) is 26.4 Å². The number of carbonyl (C=O) groups is 1. The van der Waals surface area contributed by atoms with E-state index in [0.29, 0.717) is 17.2 Å². The topological polar surface area (TPSA) is 93.9 Å². The molecule has 0 saturated heterocycles. The number of rotatable bonds is 7. The lowest BCUT2D eigenvalue weighted by Crippen LogP contribution is -2.25. The number of hydrogen-bond donors (Lipinski definition) is 1. The first-order chi connectivity index (χ1) is 12.8. The Labute approximate surface area is 165 Å². The number of halogens is 1. The highest BCUT2D eigenvalue weighted by Crippen LogP contribution is 2.33. The van der Waals surface area contributed by atoms with Crippen LogP contribution in [0.5, 0.6) is 11.5 Å². The van der Waals surface area contributed by atoms with Crippen molar-refractivity contribution in [2.75, 3.05) is 33.2 Å². The van der Waals surface area contributed by atoms with Crippen LogP contribution in [0.25, 0.3) is 0 Å². The average Bonchev–Trinajstić information content (AvgIpc) is 2.65. The second-order valence-corrected chi connectivity index (χ2v) is 6.69. The number of non-ortho nitro benzene ring substituents is 1. The lowest BCUT2D eigenvalue weighted by molar-refractivity contribution is -0.384. The van der Waals surface area contributed by atoms with Gasteiger partial charge in [0.05, 0.1) is 24.7 Å². The minimum absolute atomic E-state index is 0.141. The second kappa shape index (κ2) is 8.72. The van der Waals surface area contributed by atoms with Crippen molar-refractivity contribution in [2.24, 2.45) is 0 Å². The maximum Gasteiger partial charge on any atom is 0.270 e. The van der Waals surface area contributed by atoms with Gasteiger partial charge in [-0.15, -0.1) is 0 Å².